The van der Waals surface area contributed by atoms with Gasteiger partial charge in [-0.15, -0.1) is 0 Å². The number of aromatic nitrogens is 1. The minimum atomic E-state index is -0.495. The second kappa shape index (κ2) is 8.44. The average molecular weight is 420 g/mol. The molecule has 3 aromatic carbocycles. The van der Waals surface area contributed by atoms with E-state index in [0.29, 0.717) is 5.56 Å². The van der Waals surface area contributed by atoms with E-state index in [0.717, 1.165) is 22.8 Å². The number of fused-ring (bicyclic) bond motifs is 4. The quantitative estimate of drug-likeness (QED) is 0.365. The van der Waals surface area contributed by atoms with Crippen LogP contribution in [0.1, 0.15) is 33.0 Å². The van der Waals surface area contributed by atoms with Gasteiger partial charge in [-0.25, -0.2) is 4.79 Å². The van der Waals surface area contributed by atoms with E-state index >= 15 is 0 Å². The van der Waals surface area contributed by atoms with Gasteiger partial charge >= 0.3 is 6.09 Å². The Labute approximate surface area is 185 Å². The average Bonchev–Trinajstić information content (AvgIpc) is 3.39. The fraction of sp³-hybridized carbons (Fsp3) is 0.111. The van der Waals surface area contributed by atoms with Crippen molar-refractivity contribution in [3.8, 4) is 23.0 Å². The Morgan fingerprint density at radius 3 is 2.47 bits per heavy atom. The Bertz CT molecular complexity index is 1350. The molecule has 32 heavy (non-hydrogen) atoms. The number of rotatable bonds is 4. The minimum absolute atomic E-state index is 0.0272. The molecule has 0 bridgehead atoms. The first-order valence-electron chi connectivity index (χ1n) is 10.4. The molecule has 1 heterocycles. The van der Waals surface area contributed by atoms with Gasteiger partial charge in [0.2, 0.25) is 0 Å². The number of H-pyrrole nitrogens is 1. The number of carbonyl (C=O) groups excluding carboxylic acids is 2. The first-order valence-corrected chi connectivity index (χ1v) is 10.4. The zero-order valence-corrected chi connectivity index (χ0v) is 17.2. The summed E-state index contributed by atoms with van der Waals surface area (Å²) in [5.74, 6) is 5.96. The standard InChI is InChI=1S/C27H20N2O3/c30-16-19-15-29-26-12-11-18(14-24(19)26)6-5-13-28-27(31)32-17-25-22-9-3-1-7-20(22)21-8-2-4-10-23(21)25/h1-4,7-12,14-16,25,29H,13,17H2,(H,28,31). The summed E-state index contributed by atoms with van der Waals surface area (Å²) in [5.41, 5.74) is 7.00. The Hall–Kier alpha value is -4.30. The van der Waals surface area contributed by atoms with Crippen molar-refractivity contribution in [1.82, 2.24) is 10.3 Å². The van der Waals surface area contributed by atoms with Gasteiger partial charge in [0.15, 0.2) is 6.29 Å². The van der Waals surface area contributed by atoms with Gasteiger partial charge in [-0.05, 0) is 40.5 Å². The molecule has 156 valence electrons. The molecule has 0 atom stereocenters. The lowest BCUT2D eigenvalue weighted by Crippen LogP contribution is -2.26. The zero-order valence-electron chi connectivity index (χ0n) is 17.2. The first kappa shape index (κ1) is 19.7. The maximum absolute atomic E-state index is 12.2. The molecule has 0 fully saturated rings. The molecule has 0 saturated heterocycles. The van der Waals surface area contributed by atoms with Crippen LogP contribution < -0.4 is 5.32 Å². The Morgan fingerprint density at radius 1 is 1.03 bits per heavy atom. The SMILES string of the molecule is O=Cc1c[nH]c2ccc(C#CCNC(=O)OCC3c4ccccc4-c4ccccc43)cc12. The molecule has 1 aliphatic rings. The number of aromatic amines is 1. The highest BCUT2D eigenvalue weighted by Gasteiger charge is 2.28. The number of benzene rings is 3. The van der Waals surface area contributed by atoms with E-state index in [2.05, 4.69) is 46.4 Å². The van der Waals surface area contributed by atoms with Crippen molar-refractivity contribution < 1.29 is 14.3 Å². The summed E-state index contributed by atoms with van der Waals surface area (Å²) in [6.45, 7) is 0.439. The van der Waals surface area contributed by atoms with Gasteiger partial charge in [0, 0.05) is 34.1 Å². The number of carbonyl (C=O) groups is 2. The Kier molecular flexibility index (Phi) is 5.19. The molecule has 0 radical (unpaired) electrons. The van der Waals surface area contributed by atoms with Gasteiger partial charge in [-0.2, -0.15) is 0 Å². The van der Waals surface area contributed by atoms with Crippen molar-refractivity contribution in [3.63, 3.8) is 0 Å². The summed E-state index contributed by atoms with van der Waals surface area (Å²) in [5, 5.41) is 3.51. The molecule has 0 unspecified atom stereocenters. The number of hydrogen-bond acceptors (Lipinski definition) is 3. The molecular formula is C27H20N2O3. The van der Waals surface area contributed by atoms with Gasteiger partial charge in [0.1, 0.15) is 6.61 Å². The number of amides is 1. The molecule has 2 N–H and O–H groups in total. The summed E-state index contributed by atoms with van der Waals surface area (Å²) in [6.07, 6.45) is 1.99. The van der Waals surface area contributed by atoms with Crippen molar-refractivity contribution in [2.24, 2.45) is 0 Å². The summed E-state index contributed by atoms with van der Waals surface area (Å²) in [4.78, 5) is 26.4. The number of nitrogens with one attached hydrogen (secondary N) is 2. The summed E-state index contributed by atoms with van der Waals surface area (Å²) >= 11 is 0. The lowest BCUT2D eigenvalue weighted by molar-refractivity contribution is 0.112. The monoisotopic (exact) mass is 420 g/mol. The Balaban J connectivity index is 1.20. The van der Waals surface area contributed by atoms with Crippen LogP contribution in [-0.2, 0) is 4.74 Å². The maximum Gasteiger partial charge on any atom is 0.407 e. The van der Waals surface area contributed by atoms with Crippen LogP contribution in [0, 0.1) is 11.8 Å². The summed E-state index contributed by atoms with van der Waals surface area (Å²) in [6, 6.07) is 22.1. The normalized spacial score (nSPS) is 11.9. The van der Waals surface area contributed by atoms with Crippen LogP contribution >= 0.6 is 0 Å². The minimum Gasteiger partial charge on any atom is -0.449 e. The molecule has 5 nitrogen and oxygen atoms in total. The summed E-state index contributed by atoms with van der Waals surface area (Å²) < 4.78 is 5.51. The molecule has 0 aliphatic heterocycles. The number of alkyl carbamates (subject to hydrolysis) is 1. The Morgan fingerprint density at radius 2 is 1.75 bits per heavy atom. The fourth-order valence-electron chi connectivity index (χ4n) is 4.23. The highest BCUT2D eigenvalue weighted by atomic mass is 16.5. The number of aldehydes is 1. The van der Waals surface area contributed by atoms with E-state index in [1.165, 1.54) is 22.3 Å². The smallest absolute Gasteiger partial charge is 0.407 e. The zero-order chi connectivity index (χ0) is 21.9. The van der Waals surface area contributed by atoms with Crippen LogP contribution in [0.5, 0.6) is 0 Å². The third-order valence-electron chi connectivity index (χ3n) is 5.74. The van der Waals surface area contributed by atoms with Gasteiger partial charge in [-0.3, -0.25) is 4.79 Å². The molecule has 0 spiro atoms. The van der Waals surface area contributed by atoms with E-state index < -0.39 is 6.09 Å². The predicted molar refractivity (Wildman–Crippen MR) is 124 cm³/mol. The lowest BCUT2D eigenvalue weighted by atomic mass is 9.98. The number of ether oxygens (including phenoxy) is 1. The van der Waals surface area contributed by atoms with Gasteiger partial charge < -0.3 is 15.0 Å². The van der Waals surface area contributed by atoms with Gasteiger partial charge in [-0.1, -0.05) is 60.4 Å². The number of hydrogen-bond donors (Lipinski definition) is 2. The van der Waals surface area contributed by atoms with E-state index in [-0.39, 0.29) is 19.1 Å². The fourth-order valence-corrected chi connectivity index (χ4v) is 4.23. The summed E-state index contributed by atoms with van der Waals surface area (Å²) in [7, 11) is 0. The highest BCUT2D eigenvalue weighted by molar-refractivity contribution is 5.97. The van der Waals surface area contributed by atoms with Gasteiger partial charge in [0.05, 0.1) is 6.54 Å². The van der Waals surface area contributed by atoms with Crippen molar-refractivity contribution >= 4 is 23.3 Å². The third kappa shape index (κ3) is 3.63. The second-order valence-electron chi connectivity index (χ2n) is 7.60. The van der Waals surface area contributed by atoms with Crippen LogP contribution in [0.2, 0.25) is 0 Å². The molecule has 1 aliphatic carbocycles. The lowest BCUT2D eigenvalue weighted by Gasteiger charge is -2.14. The van der Waals surface area contributed by atoms with Crippen LogP contribution in [-0.4, -0.2) is 30.5 Å². The molecule has 5 rings (SSSR count). The van der Waals surface area contributed by atoms with Crippen LogP contribution in [0.15, 0.2) is 72.9 Å². The van der Waals surface area contributed by atoms with Crippen molar-refractivity contribution in [2.75, 3.05) is 13.2 Å². The largest absolute Gasteiger partial charge is 0.449 e. The molecular weight excluding hydrogens is 400 g/mol. The van der Waals surface area contributed by atoms with Gasteiger partial charge in [0.25, 0.3) is 0 Å². The van der Waals surface area contributed by atoms with E-state index in [4.69, 9.17) is 4.74 Å². The predicted octanol–water partition coefficient (Wildman–Crippen LogP) is 4.87. The van der Waals surface area contributed by atoms with Crippen LogP contribution in [0.4, 0.5) is 4.79 Å². The van der Waals surface area contributed by atoms with Crippen molar-refractivity contribution in [1.29, 1.82) is 0 Å². The van der Waals surface area contributed by atoms with Crippen molar-refractivity contribution in [3.05, 3.63) is 95.2 Å². The maximum atomic E-state index is 12.2. The second-order valence-corrected chi connectivity index (χ2v) is 7.60. The van der Waals surface area contributed by atoms with E-state index in [9.17, 15) is 9.59 Å². The molecule has 1 aromatic heterocycles. The molecule has 5 heteroatoms. The molecule has 1 amide bonds. The van der Waals surface area contributed by atoms with E-state index in [1.54, 1.807) is 6.20 Å². The third-order valence-corrected chi connectivity index (χ3v) is 5.74. The first-order chi connectivity index (χ1) is 15.7. The molecule has 4 aromatic rings. The van der Waals surface area contributed by atoms with Crippen LogP contribution in [0.3, 0.4) is 0 Å². The highest BCUT2D eigenvalue weighted by Crippen LogP contribution is 2.44. The van der Waals surface area contributed by atoms with E-state index in [1.807, 2.05) is 42.5 Å². The topological polar surface area (TPSA) is 71.2 Å². The van der Waals surface area contributed by atoms with Crippen molar-refractivity contribution in [2.45, 2.75) is 5.92 Å². The van der Waals surface area contributed by atoms with Crippen LogP contribution in [0.25, 0.3) is 22.0 Å². The molecule has 0 saturated carbocycles.